The maximum atomic E-state index is 12.1. The molecule has 1 amide bonds. The van der Waals surface area contributed by atoms with Gasteiger partial charge in [-0.15, -0.1) is 0 Å². The number of hydrogen-bond donors (Lipinski definition) is 1. The van der Waals surface area contributed by atoms with E-state index < -0.39 is 5.91 Å². The zero-order valence-electron chi connectivity index (χ0n) is 11.9. The number of nitrogens with one attached hydrogen (secondary N) is 1. The highest BCUT2D eigenvalue weighted by molar-refractivity contribution is 6.02. The van der Waals surface area contributed by atoms with Gasteiger partial charge in [-0.3, -0.25) is 9.59 Å². The van der Waals surface area contributed by atoms with Gasteiger partial charge in [0, 0.05) is 19.4 Å². The number of rotatable bonds is 5. The van der Waals surface area contributed by atoms with Crippen LogP contribution in [0.15, 0.2) is 35.3 Å². The van der Waals surface area contributed by atoms with Gasteiger partial charge in [0.1, 0.15) is 11.5 Å². The van der Waals surface area contributed by atoms with E-state index in [-0.39, 0.29) is 11.3 Å². The number of methoxy groups -OCH3 is 1. The van der Waals surface area contributed by atoms with Gasteiger partial charge in [-0.2, -0.15) is 5.10 Å². The van der Waals surface area contributed by atoms with E-state index in [9.17, 15) is 9.59 Å². The van der Waals surface area contributed by atoms with Crippen LogP contribution in [0.2, 0.25) is 0 Å². The quantitative estimate of drug-likeness (QED) is 0.881. The number of pyridine rings is 1. The zero-order valence-corrected chi connectivity index (χ0v) is 11.9. The molecule has 0 atom stereocenters. The standard InChI is InChI=1S/C14H16N4O3/c1-10-5-6-15-12(9-10)16-14(20)11-3-4-13(19)18(17-11)7-8-21-2/h3-6,9H,7-8H2,1-2H3,(H,15,16,20). The summed E-state index contributed by atoms with van der Waals surface area (Å²) in [6.45, 7) is 2.54. The van der Waals surface area contributed by atoms with Gasteiger partial charge in [0.05, 0.1) is 13.2 Å². The molecule has 2 aromatic rings. The van der Waals surface area contributed by atoms with Crippen molar-refractivity contribution in [2.75, 3.05) is 19.0 Å². The van der Waals surface area contributed by atoms with Crippen molar-refractivity contribution in [3.8, 4) is 0 Å². The topological polar surface area (TPSA) is 86.1 Å². The molecule has 0 radical (unpaired) electrons. The Kier molecular flexibility index (Phi) is 4.78. The Hall–Kier alpha value is -2.54. The highest BCUT2D eigenvalue weighted by atomic mass is 16.5. The van der Waals surface area contributed by atoms with Gasteiger partial charge in [0.15, 0.2) is 0 Å². The Morgan fingerprint density at radius 2 is 2.19 bits per heavy atom. The number of carbonyl (C=O) groups excluding carboxylic acids is 1. The average Bonchev–Trinajstić information content (AvgIpc) is 2.46. The lowest BCUT2D eigenvalue weighted by atomic mass is 10.3. The first kappa shape index (κ1) is 14.9. The monoisotopic (exact) mass is 288 g/mol. The number of aryl methyl sites for hydroxylation is 1. The number of nitrogens with zero attached hydrogens (tertiary/aromatic N) is 3. The smallest absolute Gasteiger partial charge is 0.277 e. The summed E-state index contributed by atoms with van der Waals surface area (Å²) in [4.78, 5) is 27.8. The third kappa shape index (κ3) is 3.96. The normalized spacial score (nSPS) is 10.4. The summed E-state index contributed by atoms with van der Waals surface area (Å²) in [7, 11) is 1.53. The second kappa shape index (κ2) is 6.76. The van der Waals surface area contributed by atoms with Crippen molar-refractivity contribution < 1.29 is 9.53 Å². The molecule has 0 spiro atoms. The summed E-state index contributed by atoms with van der Waals surface area (Å²) in [5, 5.41) is 6.66. The fourth-order valence-corrected chi connectivity index (χ4v) is 1.69. The van der Waals surface area contributed by atoms with Crippen molar-refractivity contribution in [3.05, 3.63) is 52.1 Å². The van der Waals surface area contributed by atoms with Gasteiger partial charge in [-0.25, -0.2) is 9.67 Å². The number of anilines is 1. The van der Waals surface area contributed by atoms with E-state index in [0.29, 0.717) is 19.0 Å². The molecule has 21 heavy (non-hydrogen) atoms. The first-order valence-electron chi connectivity index (χ1n) is 6.41. The van der Waals surface area contributed by atoms with Crippen LogP contribution < -0.4 is 10.9 Å². The van der Waals surface area contributed by atoms with Crippen molar-refractivity contribution in [2.24, 2.45) is 0 Å². The molecule has 0 bridgehead atoms. The van der Waals surface area contributed by atoms with Crippen LogP contribution in [-0.4, -0.2) is 34.4 Å². The second-order valence-corrected chi connectivity index (χ2v) is 4.45. The summed E-state index contributed by atoms with van der Waals surface area (Å²) < 4.78 is 6.10. The minimum atomic E-state index is -0.417. The maximum Gasteiger partial charge on any atom is 0.277 e. The Morgan fingerprint density at radius 1 is 1.38 bits per heavy atom. The van der Waals surface area contributed by atoms with Gasteiger partial charge in [-0.05, 0) is 30.7 Å². The summed E-state index contributed by atoms with van der Waals surface area (Å²) in [5.41, 5.74) is 0.851. The van der Waals surface area contributed by atoms with Crippen LogP contribution in [0, 0.1) is 6.92 Å². The number of amides is 1. The van der Waals surface area contributed by atoms with E-state index in [0.717, 1.165) is 5.56 Å². The van der Waals surface area contributed by atoms with Crippen LogP contribution in [0.1, 0.15) is 16.1 Å². The molecule has 2 rings (SSSR count). The van der Waals surface area contributed by atoms with Crippen molar-refractivity contribution in [1.82, 2.24) is 14.8 Å². The fourth-order valence-electron chi connectivity index (χ4n) is 1.69. The summed E-state index contributed by atoms with van der Waals surface area (Å²) in [6.07, 6.45) is 1.61. The van der Waals surface area contributed by atoms with Crippen LogP contribution in [0.4, 0.5) is 5.82 Å². The summed E-state index contributed by atoms with van der Waals surface area (Å²) >= 11 is 0. The molecule has 0 aromatic carbocycles. The van der Waals surface area contributed by atoms with Crippen molar-refractivity contribution in [1.29, 1.82) is 0 Å². The first-order valence-corrected chi connectivity index (χ1v) is 6.41. The van der Waals surface area contributed by atoms with E-state index in [4.69, 9.17) is 4.74 Å². The van der Waals surface area contributed by atoms with E-state index >= 15 is 0 Å². The lowest BCUT2D eigenvalue weighted by Crippen LogP contribution is -2.27. The van der Waals surface area contributed by atoms with E-state index in [1.165, 1.54) is 23.9 Å². The van der Waals surface area contributed by atoms with Crippen LogP contribution >= 0.6 is 0 Å². The maximum absolute atomic E-state index is 12.1. The molecule has 7 nitrogen and oxygen atoms in total. The third-order valence-corrected chi connectivity index (χ3v) is 2.76. The minimum absolute atomic E-state index is 0.147. The summed E-state index contributed by atoms with van der Waals surface area (Å²) in [6, 6.07) is 6.27. The molecule has 2 aromatic heterocycles. The Morgan fingerprint density at radius 3 is 2.90 bits per heavy atom. The molecule has 2 heterocycles. The minimum Gasteiger partial charge on any atom is -0.383 e. The molecule has 7 heteroatoms. The van der Waals surface area contributed by atoms with Crippen molar-refractivity contribution in [2.45, 2.75) is 13.5 Å². The fraction of sp³-hybridized carbons (Fsp3) is 0.286. The number of carbonyl (C=O) groups is 1. The molecule has 0 saturated carbocycles. The first-order chi connectivity index (χ1) is 10.1. The Bertz CT molecular complexity index is 697. The number of aromatic nitrogens is 3. The van der Waals surface area contributed by atoms with E-state index in [1.807, 2.05) is 13.0 Å². The number of hydrogen-bond acceptors (Lipinski definition) is 5. The zero-order chi connectivity index (χ0) is 15.2. The Labute approximate surface area is 121 Å². The molecule has 0 aliphatic heterocycles. The van der Waals surface area contributed by atoms with Crippen LogP contribution in [0.25, 0.3) is 0 Å². The molecule has 110 valence electrons. The molecule has 1 N–H and O–H groups in total. The van der Waals surface area contributed by atoms with Gasteiger partial charge in [0.25, 0.3) is 11.5 Å². The number of ether oxygens (including phenoxy) is 1. The van der Waals surface area contributed by atoms with Gasteiger partial charge >= 0.3 is 0 Å². The molecular formula is C14H16N4O3. The van der Waals surface area contributed by atoms with Gasteiger partial charge in [-0.1, -0.05) is 0 Å². The highest BCUT2D eigenvalue weighted by Gasteiger charge is 2.10. The van der Waals surface area contributed by atoms with Crippen LogP contribution in [-0.2, 0) is 11.3 Å². The molecule has 0 saturated heterocycles. The largest absolute Gasteiger partial charge is 0.383 e. The molecule has 0 fully saturated rings. The highest BCUT2D eigenvalue weighted by Crippen LogP contribution is 2.06. The molecule has 0 aliphatic carbocycles. The predicted molar refractivity (Wildman–Crippen MR) is 77.3 cm³/mol. The van der Waals surface area contributed by atoms with Crippen LogP contribution in [0.3, 0.4) is 0 Å². The SMILES string of the molecule is COCCn1nc(C(=O)Nc2cc(C)ccn2)ccc1=O. The second-order valence-electron chi connectivity index (χ2n) is 4.45. The Balaban J connectivity index is 2.17. The van der Waals surface area contributed by atoms with Crippen LogP contribution in [0.5, 0.6) is 0 Å². The van der Waals surface area contributed by atoms with Crippen molar-refractivity contribution >= 4 is 11.7 Å². The lowest BCUT2D eigenvalue weighted by Gasteiger charge is -2.07. The van der Waals surface area contributed by atoms with E-state index in [1.54, 1.807) is 12.3 Å². The molecule has 0 unspecified atom stereocenters. The summed E-state index contributed by atoms with van der Waals surface area (Å²) in [5.74, 6) is 0.0238. The van der Waals surface area contributed by atoms with E-state index in [2.05, 4.69) is 15.4 Å². The third-order valence-electron chi connectivity index (χ3n) is 2.76. The predicted octanol–water partition coefficient (Wildman–Crippen LogP) is 0.845. The van der Waals surface area contributed by atoms with Gasteiger partial charge in [0.2, 0.25) is 0 Å². The molecular weight excluding hydrogens is 272 g/mol. The lowest BCUT2D eigenvalue weighted by molar-refractivity contribution is 0.101. The average molecular weight is 288 g/mol. The van der Waals surface area contributed by atoms with Gasteiger partial charge < -0.3 is 10.1 Å². The van der Waals surface area contributed by atoms with Crippen molar-refractivity contribution in [3.63, 3.8) is 0 Å². The molecule has 0 aliphatic rings.